The van der Waals surface area contributed by atoms with Crippen molar-refractivity contribution in [1.29, 1.82) is 0 Å². The van der Waals surface area contributed by atoms with E-state index in [9.17, 15) is 9.59 Å². The smallest absolute Gasteiger partial charge is 0.338 e. The number of ether oxygens (including phenoxy) is 3. The Morgan fingerprint density at radius 2 is 1.78 bits per heavy atom. The molecule has 8 heteroatoms. The van der Waals surface area contributed by atoms with E-state index in [1.807, 2.05) is 78.9 Å². The lowest BCUT2D eigenvalue weighted by Gasteiger charge is -2.26. The molecule has 0 unspecified atom stereocenters. The molecule has 2 aliphatic rings. The van der Waals surface area contributed by atoms with Gasteiger partial charge in [0.05, 0.1) is 28.5 Å². The summed E-state index contributed by atoms with van der Waals surface area (Å²) in [5.41, 5.74) is 2.91. The molecule has 6 rings (SSSR count). The van der Waals surface area contributed by atoms with Gasteiger partial charge in [-0.2, -0.15) is 0 Å². The number of nitrogens with zero attached hydrogens (tertiary/aromatic N) is 2. The minimum atomic E-state index is -0.766. The van der Waals surface area contributed by atoms with E-state index in [1.165, 1.54) is 11.3 Å². The van der Waals surface area contributed by atoms with Crippen LogP contribution >= 0.6 is 11.3 Å². The highest BCUT2D eigenvalue weighted by Gasteiger charge is 2.36. The maximum atomic E-state index is 13.9. The van der Waals surface area contributed by atoms with Crippen molar-refractivity contribution < 1.29 is 19.0 Å². The summed E-state index contributed by atoms with van der Waals surface area (Å²) in [5, 5.41) is 0. The first-order valence-electron chi connectivity index (χ1n) is 11.9. The Hall–Kier alpha value is -4.43. The number of carbonyl (C=O) groups is 1. The van der Waals surface area contributed by atoms with Gasteiger partial charge in [0.25, 0.3) is 5.56 Å². The minimum Gasteiger partial charge on any atom is -0.463 e. The van der Waals surface area contributed by atoms with Crippen LogP contribution in [0.25, 0.3) is 11.8 Å². The molecule has 37 heavy (non-hydrogen) atoms. The molecule has 0 spiro atoms. The quantitative estimate of drug-likeness (QED) is 0.383. The first kappa shape index (κ1) is 23.0. The third kappa shape index (κ3) is 4.15. The number of hydrogen-bond donors (Lipinski definition) is 0. The molecule has 3 aromatic carbocycles. The van der Waals surface area contributed by atoms with Gasteiger partial charge in [0.1, 0.15) is 0 Å². The van der Waals surface area contributed by atoms with Gasteiger partial charge in [-0.3, -0.25) is 9.36 Å². The molecule has 0 saturated heterocycles. The Morgan fingerprint density at radius 3 is 2.54 bits per heavy atom. The zero-order valence-electron chi connectivity index (χ0n) is 19.9. The highest BCUT2D eigenvalue weighted by Crippen LogP contribution is 2.39. The topological polar surface area (TPSA) is 79.1 Å². The van der Waals surface area contributed by atoms with Crippen molar-refractivity contribution in [2.24, 2.45) is 4.99 Å². The molecule has 0 radical (unpaired) electrons. The molecule has 7 nitrogen and oxygen atoms in total. The molecule has 0 saturated carbocycles. The fourth-order valence-corrected chi connectivity index (χ4v) is 5.54. The Morgan fingerprint density at radius 1 is 1.05 bits per heavy atom. The molecule has 0 bridgehead atoms. The largest absolute Gasteiger partial charge is 0.463 e. The van der Waals surface area contributed by atoms with Crippen LogP contribution in [0, 0.1) is 0 Å². The van der Waals surface area contributed by atoms with E-state index in [-0.39, 0.29) is 19.0 Å². The van der Waals surface area contributed by atoms with E-state index in [0.29, 0.717) is 37.7 Å². The minimum absolute atomic E-state index is 0.120. The number of esters is 1. The highest BCUT2D eigenvalue weighted by atomic mass is 32.1. The lowest BCUT2D eigenvalue weighted by molar-refractivity contribution is -0.138. The molecular formula is C29H22N2O5S. The molecule has 2 aliphatic heterocycles. The molecule has 3 heterocycles. The van der Waals surface area contributed by atoms with Gasteiger partial charge in [-0.15, -0.1) is 0 Å². The molecule has 0 amide bonds. The summed E-state index contributed by atoms with van der Waals surface area (Å²) in [4.78, 5) is 32.7. The van der Waals surface area contributed by atoms with E-state index < -0.39 is 12.0 Å². The summed E-state index contributed by atoms with van der Waals surface area (Å²) < 4.78 is 18.7. The third-order valence-corrected chi connectivity index (χ3v) is 7.17. The van der Waals surface area contributed by atoms with Gasteiger partial charge in [-0.1, -0.05) is 78.1 Å². The molecular weight excluding hydrogens is 488 g/mol. The lowest BCUT2D eigenvalue weighted by Crippen LogP contribution is -2.40. The summed E-state index contributed by atoms with van der Waals surface area (Å²) in [6.07, 6.45) is 1.84. The predicted molar refractivity (Wildman–Crippen MR) is 140 cm³/mol. The number of aromatic nitrogens is 1. The van der Waals surface area contributed by atoms with Gasteiger partial charge in [0.15, 0.2) is 16.3 Å². The van der Waals surface area contributed by atoms with Gasteiger partial charge in [-0.05, 0) is 36.3 Å². The number of rotatable bonds is 5. The van der Waals surface area contributed by atoms with Crippen LogP contribution in [0.5, 0.6) is 11.5 Å². The molecule has 1 atom stereocenters. The zero-order valence-corrected chi connectivity index (χ0v) is 20.7. The Balaban J connectivity index is 1.66. The highest BCUT2D eigenvalue weighted by molar-refractivity contribution is 7.07. The van der Waals surface area contributed by atoms with E-state index in [2.05, 4.69) is 0 Å². The fraction of sp³-hybridized carbons (Fsp3) is 0.138. The predicted octanol–water partition coefficient (Wildman–Crippen LogP) is 3.66. The zero-order chi connectivity index (χ0) is 25.4. The van der Waals surface area contributed by atoms with E-state index in [4.69, 9.17) is 19.2 Å². The second kappa shape index (κ2) is 9.55. The van der Waals surface area contributed by atoms with Crippen LogP contribution in [0.15, 0.2) is 94.2 Å². The van der Waals surface area contributed by atoms with Crippen molar-refractivity contribution in [2.75, 3.05) is 13.4 Å². The number of hydrogen-bond acceptors (Lipinski definition) is 7. The summed E-state index contributed by atoms with van der Waals surface area (Å²) >= 11 is 1.29. The monoisotopic (exact) mass is 510 g/mol. The van der Waals surface area contributed by atoms with Crippen molar-refractivity contribution in [3.8, 4) is 11.5 Å². The second-order valence-electron chi connectivity index (χ2n) is 8.45. The summed E-state index contributed by atoms with van der Waals surface area (Å²) in [5.74, 6) is 0.653. The van der Waals surface area contributed by atoms with Crippen LogP contribution in [0.2, 0.25) is 0 Å². The van der Waals surface area contributed by atoms with Crippen LogP contribution in [0.1, 0.15) is 29.7 Å². The van der Waals surface area contributed by atoms with Crippen LogP contribution in [0.4, 0.5) is 0 Å². The Labute approximate surface area is 216 Å². The third-order valence-electron chi connectivity index (χ3n) is 6.18. The van der Waals surface area contributed by atoms with Crippen molar-refractivity contribution in [1.82, 2.24) is 4.57 Å². The number of fused-ring (bicyclic) bond motifs is 2. The van der Waals surface area contributed by atoms with Crippen molar-refractivity contribution in [3.63, 3.8) is 0 Å². The average molecular weight is 511 g/mol. The van der Waals surface area contributed by atoms with Gasteiger partial charge < -0.3 is 14.2 Å². The van der Waals surface area contributed by atoms with Crippen molar-refractivity contribution in [3.05, 3.63) is 121 Å². The molecule has 4 aromatic rings. The molecule has 0 N–H and O–H groups in total. The maximum absolute atomic E-state index is 13.9. The Bertz CT molecular complexity index is 1700. The summed E-state index contributed by atoms with van der Waals surface area (Å²) in [7, 11) is 0. The number of carbonyl (C=O) groups excluding carboxylic acids is 1. The SMILES string of the molecule is CCOC(=O)C1=C(c2ccccc2)N=c2s/c(=C\c3ccccc3)c(=O)n2[C@@H]1c1ccc2c(c1)OCO2. The second-order valence-corrected chi connectivity index (χ2v) is 9.46. The van der Waals surface area contributed by atoms with Crippen LogP contribution < -0.4 is 24.4 Å². The average Bonchev–Trinajstić information content (AvgIpc) is 3.52. The molecule has 1 aromatic heterocycles. The van der Waals surface area contributed by atoms with Crippen LogP contribution in [-0.4, -0.2) is 23.9 Å². The van der Waals surface area contributed by atoms with Crippen molar-refractivity contribution in [2.45, 2.75) is 13.0 Å². The van der Waals surface area contributed by atoms with Gasteiger partial charge in [-0.25, -0.2) is 9.79 Å². The van der Waals surface area contributed by atoms with E-state index >= 15 is 0 Å². The summed E-state index contributed by atoms with van der Waals surface area (Å²) in [6, 6.07) is 23.8. The Kier molecular flexibility index (Phi) is 5.94. The molecule has 0 fully saturated rings. The molecule has 184 valence electrons. The first-order valence-corrected chi connectivity index (χ1v) is 12.7. The normalized spacial score (nSPS) is 16.4. The van der Waals surface area contributed by atoms with Gasteiger partial charge in [0, 0.05) is 5.56 Å². The molecule has 0 aliphatic carbocycles. The van der Waals surface area contributed by atoms with Crippen LogP contribution in [0.3, 0.4) is 0 Å². The number of benzene rings is 3. The van der Waals surface area contributed by atoms with Gasteiger partial charge in [0.2, 0.25) is 6.79 Å². The van der Waals surface area contributed by atoms with Crippen molar-refractivity contribution >= 4 is 29.1 Å². The van der Waals surface area contributed by atoms with Crippen LogP contribution in [-0.2, 0) is 9.53 Å². The van der Waals surface area contributed by atoms with E-state index in [1.54, 1.807) is 17.6 Å². The fourth-order valence-electron chi connectivity index (χ4n) is 4.54. The summed E-state index contributed by atoms with van der Waals surface area (Å²) in [6.45, 7) is 2.07. The number of thiazole rings is 1. The van der Waals surface area contributed by atoms with E-state index in [0.717, 1.165) is 11.1 Å². The van der Waals surface area contributed by atoms with Gasteiger partial charge >= 0.3 is 5.97 Å². The maximum Gasteiger partial charge on any atom is 0.338 e. The lowest BCUT2D eigenvalue weighted by atomic mass is 9.93. The standard InChI is InChI=1S/C29H22N2O5S/c1-2-34-28(33)24-25(19-11-7-4-8-12-19)30-29-31(26(24)20-13-14-21-22(16-20)36-17-35-21)27(32)23(37-29)15-18-9-5-3-6-10-18/h3-16,26H,2,17H2,1H3/b23-15-/t26-/m1/s1. The first-order chi connectivity index (χ1) is 18.1.